The average Bonchev–Trinajstić information content (AvgIpc) is 3.66. The van der Waals surface area contributed by atoms with Gasteiger partial charge in [-0.05, 0) is 110 Å². The Hall–Kier alpha value is -7.94. The number of hydrogen-bond donors (Lipinski definition) is 0. The lowest BCUT2D eigenvalue weighted by atomic mass is 9.94. The van der Waals surface area contributed by atoms with E-state index in [4.69, 9.17) is 0 Å². The first kappa shape index (κ1) is 35.2. The van der Waals surface area contributed by atoms with Gasteiger partial charge in [0.25, 0.3) is 0 Å². The Balaban J connectivity index is 1.07. The molecule has 0 unspecified atom stereocenters. The number of para-hydroxylation sites is 1. The number of nitrogens with zero attached hydrogens (tertiary/aromatic N) is 2. The van der Waals surface area contributed by atoms with Gasteiger partial charge in [0.2, 0.25) is 0 Å². The Kier molecular flexibility index (Phi) is 8.87. The van der Waals surface area contributed by atoms with Crippen molar-refractivity contribution in [3.63, 3.8) is 0 Å². The second-order valence-electron chi connectivity index (χ2n) is 15.3. The van der Waals surface area contributed by atoms with Crippen LogP contribution in [0.4, 0.5) is 17.1 Å². The molecule has 0 atom stereocenters. The third kappa shape index (κ3) is 6.32. The molecule has 0 aliphatic heterocycles. The highest BCUT2D eigenvalue weighted by Crippen LogP contribution is 2.44. The zero-order valence-electron chi connectivity index (χ0n) is 33.0. The first-order chi connectivity index (χ1) is 29.8. The lowest BCUT2D eigenvalue weighted by Crippen LogP contribution is -2.09. The van der Waals surface area contributed by atoms with Crippen LogP contribution in [0.5, 0.6) is 0 Å². The van der Waals surface area contributed by atoms with E-state index in [-0.39, 0.29) is 0 Å². The van der Waals surface area contributed by atoms with Crippen LogP contribution in [-0.4, -0.2) is 4.57 Å². The normalized spacial score (nSPS) is 11.3. The predicted molar refractivity (Wildman–Crippen MR) is 255 cm³/mol. The van der Waals surface area contributed by atoms with Gasteiger partial charge in [0.1, 0.15) is 0 Å². The molecular weight excluding hydrogens is 725 g/mol. The largest absolute Gasteiger partial charge is 0.311 e. The molecule has 1 heterocycles. The summed E-state index contributed by atoms with van der Waals surface area (Å²) >= 11 is 0. The third-order valence-electron chi connectivity index (χ3n) is 11.8. The van der Waals surface area contributed by atoms with Crippen molar-refractivity contribution in [2.45, 2.75) is 0 Å². The number of benzene rings is 10. The zero-order chi connectivity index (χ0) is 39.8. The fraction of sp³-hybridized carbons (Fsp3) is 0. The SMILES string of the molecule is c1ccc(-c2ccc(N(c3ccc(-c4ccccc4)cc3)c3ccc(-c4c5ccccc5cc5c6ccccc6n(-c6ccc(-c7ccccc7)cc6)c45)cc3)cc2)cc1. The number of aromatic nitrogens is 1. The van der Waals surface area contributed by atoms with Crippen molar-refractivity contribution in [2.24, 2.45) is 0 Å². The van der Waals surface area contributed by atoms with Gasteiger partial charge in [0.15, 0.2) is 0 Å². The maximum atomic E-state index is 2.46. The quantitative estimate of drug-likeness (QED) is 0.150. The van der Waals surface area contributed by atoms with Gasteiger partial charge in [-0.1, -0.05) is 182 Å². The van der Waals surface area contributed by atoms with Crippen LogP contribution in [0, 0.1) is 0 Å². The highest BCUT2D eigenvalue weighted by molar-refractivity contribution is 6.21. The van der Waals surface area contributed by atoms with Crippen LogP contribution in [0.25, 0.3) is 82.8 Å². The molecule has 0 bridgehead atoms. The van der Waals surface area contributed by atoms with Crippen molar-refractivity contribution < 1.29 is 0 Å². The molecule has 1 aromatic heterocycles. The van der Waals surface area contributed by atoms with Crippen molar-refractivity contribution in [3.8, 4) is 50.2 Å². The first-order valence-corrected chi connectivity index (χ1v) is 20.6. The molecule has 0 radical (unpaired) electrons. The third-order valence-corrected chi connectivity index (χ3v) is 11.8. The molecule has 11 rings (SSSR count). The Morgan fingerprint density at radius 2 is 0.667 bits per heavy atom. The Morgan fingerprint density at radius 1 is 0.283 bits per heavy atom. The highest BCUT2D eigenvalue weighted by atomic mass is 15.1. The number of rotatable bonds is 8. The molecule has 10 aromatic carbocycles. The maximum Gasteiger partial charge on any atom is 0.0625 e. The Bertz CT molecular complexity index is 3160. The van der Waals surface area contributed by atoms with Crippen LogP contribution < -0.4 is 4.90 Å². The predicted octanol–water partition coefficient (Wildman–Crippen LogP) is 16.1. The smallest absolute Gasteiger partial charge is 0.0625 e. The summed E-state index contributed by atoms with van der Waals surface area (Å²) in [5.41, 5.74) is 16.4. The van der Waals surface area contributed by atoms with Crippen LogP contribution in [0.3, 0.4) is 0 Å². The lowest BCUT2D eigenvalue weighted by molar-refractivity contribution is 1.18. The average molecular weight is 765 g/mol. The summed E-state index contributed by atoms with van der Waals surface area (Å²) in [7, 11) is 0. The van der Waals surface area contributed by atoms with Crippen LogP contribution in [-0.2, 0) is 0 Å². The standard InChI is InChI=1S/C58H40N2/c1-4-14-41(15-5-1)44-24-32-49(33-25-44)59(50-34-26-45(27-35-50)42-16-6-2-7-17-42)51-38-30-47(31-39-51)57-53-21-11-10-20-48(53)40-55-54-22-12-13-23-56(54)60(58(55)57)52-36-28-46(29-37-52)43-18-8-3-9-19-43/h1-40H. The molecule has 2 nitrogen and oxygen atoms in total. The summed E-state index contributed by atoms with van der Waals surface area (Å²) in [5, 5.41) is 4.94. The summed E-state index contributed by atoms with van der Waals surface area (Å²) in [5.74, 6) is 0. The molecule has 2 heteroatoms. The molecule has 0 fully saturated rings. The summed E-state index contributed by atoms with van der Waals surface area (Å²) in [4.78, 5) is 2.36. The minimum absolute atomic E-state index is 1.09. The Labute approximate surface area is 350 Å². The molecule has 60 heavy (non-hydrogen) atoms. The van der Waals surface area contributed by atoms with E-state index in [1.54, 1.807) is 0 Å². The van der Waals surface area contributed by atoms with E-state index < -0.39 is 0 Å². The van der Waals surface area contributed by atoms with Gasteiger partial charge in [-0.25, -0.2) is 0 Å². The molecule has 0 saturated carbocycles. The number of hydrogen-bond acceptors (Lipinski definition) is 1. The summed E-state index contributed by atoms with van der Waals surface area (Å²) in [6, 6.07) is 87.8. The van der Waals surface area contributed by atoms with Gasteiger partial charge in [-0.15, -0.1) is 0 Å². The van der Waals surface area contributed by atoms with Crippen LogP contribution in [0.1, 0.15) is 0 Å². The first-order valence-electron chi connectivity index (χ1n) is 20.6. The van der Waals surface area contributed by atoms with Crippen molar-refractivity contribution in [1.82, 2.24) is 4.57 Å². The molecule has 0 aliphatic rings. The van der Waals surface area contributed by atoms with E-state index in [9.17, 15) is 0 Å². The molecular formula is C58H40N2. The second-order valence-corrected chi connectivity index (χ2v) is 15.3. The van der Waals surface area contributed by atoms with Crippen molar-refractivity contribution in [1.29, 1.82) is 0 Å². The molecule has 0 N–H and O–H groups in total. The highest BCUT2D eigenvalue weighted by Gasteiger charge is 2.21. The molecule has 0 amide bonds. The van der Waals surface area contributed by atoms with E-state index in [1.165, 1.54) is 77.1 Å². The van der Waals surface area contributed by atoms with Gasteiger partial charge >= 0.3 is 0 Å². The second kappa shape index (κ2) is 15.1. The van der Waals surface area contributed by atoms with Gasteiger partial charge < -0.3 is 9.47 Å². The molecule has 0 saturated heterocycles. The van der Waals surface area contributed by atoms with Gasteiger partial charge in [0, 0.05) is 39.1 Å². The fourth-order valence-corrected chi connectivity index (χ4v) is 8.88. The minimum Gasteiger partial charge on any atom is -0.311 e. The van der Waals surface area contributed by atoms with Crippen molar-refractivity contribution >= 4 is 49.6 Å². The fourth-order valence-electron chi connectivity index (χ4n) is 8.88. The summed E-state index contributed by atoms with van der Waals surface area (Å²) < 4.78 is 2.46. The number of fused-ring (bicyclic) bond motifs is 4. The molecule has 0 aliphatic carbocycles. The van der Waals surface area contributed by atoms with E-state index in [0.717, 1.165) is 22.7 Å². The van der Waals surface area contributed by atoms with E-state index in [0.29, 0.717) is 0 Å². The van der Waals surface area contributed by atoms with Gasteiger partial charge in [-0.3, -0.25) is 0 Å². The monoisotopic (exact) mass is 764 g/mol. The van der Waals surface area contributed by atoms with E-state index >= 15 is 0 Å². The van der Waals surface area contributed by atoms with Gasteiger partial charge in [-0.2, -0.15) is 0 Å². The maximum absolute atomic E-state index is 2.46. The summed E-state index contributed by atoms with van der Waals surface area (Å²) in [6.07, 6.45) is 0. The lowest BCUT2D eigenvalue weighted by Gasteiger charge is -2.26. The van der Waals surface area contributed by atoms with Crippen LogP contribution >= 0.6 is 0 Å². The van der Waals surface area contributed by atoms with Crippen molar-refractivity contribution in [2.75, 3.05) is 4.90 Å². The topological polar surface area (TPSA) is 8.17 Å². The van der Waals surface area contributed by atoms with E-state index in [2.05, 4.69) is 252 Å². The summed E-state index contributed by atoms with van der Waals surface area (Å²) in [6.45, 7) is 0. The van der Waals surface area contributed by atoms with Crippen molar-refractivity contribution in [3.05, 3.63) is 243 Å². The Morgan fingerprint density at radius 3 is 1.17 bits per heavy atom. The molecule has 282 valence electrons. The zero-order valence-corrected chi connectivity index (χ0v) is 33.0. The molecule has 11 aromatic rings. The molecule has 0 spiro atoms. The van der Waals surface area contributed by atoms with E-state index in [1.807, 2.05) is 0 Å². The van der Waals surface area contributed by atoms with Crippen LogP contribution in [0.15, 0.2) is 243 Å². The minimum atomic E-state index is 1.09. The van der Waals surface area contributed by atoms with Crippen LogP contribution in [0.2, 0.25) is 0 Å². The van der Waals surface area contributed by atoms with Gasteiger partial charge in [0.05, 0.1) is 11.0 Å². The number of anilines is 3.